The Bertz CT molecular complexity index is 649. The van der Waals surface area contributed by atoms with Crippen molar-refractivity contribution >= 4 is 46.5 Å². The molecule has 6 nitrogen and oxygen atoms in total. The number of hydrogen-bond acceptors (Lipinski definition) is 4. The van der Waals surface area contributed by atoms with E-state index in [1.165, 1.54) is 6.07 Å². The topological polar surface area (TPSA) is 84.2 Å². The Morgan fingerprint density at radius 1 is 1.15 bits per heavy atom. The van der Waals surface area contributed by atoms with Gasteiger partial charge >= 0.3 is 11.8 Å². The molecule has 0 unspecified atom stereocenters. The number of halogens is 2. The summed E-state index contributed by atoms with van der Waals surface area (Å²) in [5.41, 5.74) is 0.173. The fourth-order valence-corrected chi connectivity index (χ4v) is 1.88. The van der Waals surface area contributed by atoms with E-state index in [9.17, 15) is 9.59 Å². The maximum Gasteiger partial charge on any atom is 0.315 e. The normalized spacial score (nSPS) is 10.2. The lowest BCUT2D eigenvalue weighted by Crippen LogP contribution is -2.29. The van der Waals surface area contributed by atoms with Crippen molar-refractivity contribution in [1.29, 1.82) is 0 Å². The standard InChI is InChI=1S/C12H9Cl2N3O3/c1-6-5-9(17-20-6)15-11(18)12(19)16-10-7(13)3-2-4-8(10)14/h2-5H,1H3,(H,16,19)(H,15,17,18). The summed E-state index contributed by atoms with van der Waals surface area (Å²) in [7, 11) is 0. The average Bonchev–Trinajstić information content (AvgIpc) is 2.79. The predicted molar refractivity (Wildman–Crippen MR) is 75.0 cm³/mol. The first-order valence-corrected chi connectivity index (χ1v) is 6.22. The van der Waals surface area contributed by atoms with Crippen LogP contribution >= 0.6 is 23.2 Å². The predicted octanol–water partition coefficient (Wildman–Crippen LogP) is 2.87. The Labute approximate surface area is 124 Å². The van der Waals surface area contributed by atoms with Gasteiger partial charge in [0.2, 0.25) is 0 Å². The number of nitrogens with one attached hydrogen (secondary N) is 2. The molecule has 2 amide bonds. The number of rotatable bonds is 2. The summed E-state index contributed by atoms with van der Waals surface area (Å²) in [6, 6.07) is 6.19. The van der Waals surface area contributed by atoms with Gasteiger partial charge in [0.25, 0.3) is 0 Å². The summed E-state index contributed by atoms with van der Waals surface area (Å²) in [6.45, 7) is 1.66. The van der Waals surface area contributed by atoms with Crippen LogP contribution in [-0.2, 0) is 9.59 Å². The molecule has 0 spiro atoms. The molecule has 1 aromatic heterocycles. The summed E-state index contributed by atoms with van der Waals surface area (Å²) < 4.78 is 4.76. The Morgan fingerprint density at radius 2 is 1.75 bits per heavy atom. The Hall–Kier alpha value is -2.05. The second kappa shape index (κ2) is 5.94. The van der Waals surface area contributed by atoms with Gasteiger partial charge < -0.3 is 9.84 Å². The second-order valence-corrected chi connectivity index (χ2v) is 4.64. The molecular weight excluding hydrogens is 305 g/mol. The van der Waals surface area contributed by atoms with Crippen molar-refractivity contribution < 1.29 is 14.1 Å². The molecular formula is C12H9Cl2N3O3. The highest BCUT2D eigenvalue weighted by Crippen LogP contribution is 2.29. The first kappa shape index (κ1) is 14.4. The summed E-state index contributed by atoms with van der Waals surface area (Å²) in [5, 5.41) is 8.62. The minimum absolute atomic E-state index is 0.146. The molecule has 0 fully saturated rings. The molecule has 1 heterocycles. The SMILES string of the molecule is Cc1cc(NC(=O)C(=O)Nc2c(Cl)cccc2Cl)no1. The van der Waals surface area contributed by atoms with Gasteiger partial charge in [0, 0.05) is 6.07 Å². The smallest absolute Gasteiger partial charge is 0.315 e. The minimum atomic E-state index is -0.916. The van der Waals surface area contributed by atoms with Crippen molar-refractivity contribution in [3.63, 3.8) is 0 Å². The van der Waals surface area contributed by atoms with Gasteiger partial charge in [0.1, 0.15) is 5.76 Å². The van der Waals surface area contributed by atoms with Gasteiger partial charge in [-0.3, -0.25) is 14.9 Å². The highest BCUT2D eigenvalue weighted by Gasteiger charge is 2.18. The summed E-state index contributed by atoms with van der Waals surface area (Å²) in [4.78, 5) is 23.4. The molecule has 0 radical (unpaired) electrons. The summed E-state index contributed by atoms with van der Waals surface area (Å²) >= 11 is 11.8. The Balaban J connectivity index is 2.06. The highest BCUT2D eigenvalue weighted by molar-refractivity contribution is 6.46. The van der Waals surface area contributed by atoms with Crippen LogP contribution < -0.4 is 10.6 Å². The number of para-hydroxylation sites is 1. The van der Waals surface area contributed by atoms with Gasteiger partial charge in [-0.1, -0.05) is 34.4 Å². The lowest BCUT2D eigenvalue weighted by atomic mass is 10.3. The fraction of sp³-hybridized carbons (Fsp3) is 0.0833. The maximum absolute atomic E-state index is 11.7. The van der Waals surface area contributed by atoms with Crippen molar-refractivity contribution in [3.05, 3.63) is 40.1 Å². The minimum Gasteiger partial charge on any atom is -0.360 e. The number of nitrogens with zero attached hydrogens (tertiary/aromatic N) is 1. The van der Waals surface area contributed by atoms with Crippen molar-refractivity contribution in [2.75, 3.05) is 10.6 Å². The number of carbonyl (C=O) groups is 2. The van der Waals surface area contributed by atoms with E-state index in [0.29, 0.717) is 5.76 Å². The monoisotopic (exact) mass is 313 g/mol. The van der Waals surface area contributed by atoms with Gasteiger partial charge in [-0.15, -0.1) is 0 Å². The van der Waals surface area contributed by atoms with Crippen LogP contribution in [-0.4, -0.2) is 17.0 Å². The van der Waals surface area contributed by atoms with Crippen LogP contribution in [0.15, 0.2) is 28.8 Å². The number of hydrogen-bond donors (Lipinski definition) is 2. The van der Waals surface area contributed by atoms with Crippen LogP contribution in [0.1, 0.15) is 5.76 Å². The molecule has 0 aliphatic rings. The molecule has 1 aromatic carbocycles. The second-order valence-electron chi connectivity index (χ2n) is 3.83. The number of carbonyl (C=O) groups excluding carboxylic acids is 2. The molecule has 104 valence electrons. The molecule has 0 aliphatic carbocycles. The van der Waals surface area contributed by atoms with E-state index in [1.54, 1.807) is 25.1 Å². The van der Waals surface area contributed by atoms with Crippen molar-refractivity contribution in [2.24, 2.45) is 0 Å². The largest absolute Gasteiger partial charge is 0.360 e. The van der Waals surface area contributed by atoms with Crippen molar-refractivity contribution in [1.82, 2.24) is 5.16 Å². The molecule has 2 rings (SSSR count). The number of aromatic nitrogens is 1. The Kier molecular flexibility index (Phi) is 4.26. The molecule has 20 heavy (non-hydrogen) atoms. The van der Waals surface area contributed by atoms with Crippen LogP contribution in [0.5, 0.6) is 0 Å². The average molecular weight is 314 g/mol. The number of benzene rings is 1. The van der Waals surface area contributed by atoms with E-state index < -0.39 is 11.8 Å². The summed E-state index contributed by atoms with van der Waals surface area (Å²) in [5.74, 6) is -1.17. The zero-order valence-electron chi connectivity index (χ0n) is 10.2. The van der Waals surface area contributed by atoms with Crippen LogP contribution in [0.3, 0.4) is 0 Å². The van der Waals surface area contributed by atoms with Gasteiger partial charge in [0.05, 0.1) is 15.7 Å². The van der Waals surface area contributed by atoms with E-state index in [-0.39, 0.29) is 21.6 Å². The molecule has 2 N–H and O–H groups in total. The van der Waals surface area contributed by atoms with Crippen molar-refractivity contribution in [2.45, 2.75) is 6.92 Å². The zero-order chi connectivity index (χ0) is 14.7. The van der Waals surface area contributed by atoms with Gasteiger partial charge in [-0.05, 0) is 19.1 Å². The van der Waals surface area contributed by atoms with Crippen LogP contribution in [0, 0.1) is 6.92 Å². The van der Waals surface area contributed by atoms with Crippen molar-refractivity contribution in [3.8, 4) is 0 Å². The summed E-state index contributed by atoms with van der Waals surface area (Å²) in [6.07, 6.45) is 0. The van der Waals surface area contributed by atoms with E-state index in [0.717, 1.165) is 0 Å². The van der Waals surface area contributed by atoms with E-state index in [1.807, 2.05) is 0 Å². The first-order valence-electron chi connectivity index (χ1n) is 5.47. The van der Waals surface area contributed by atoms with Crippen LogP contribution in [0.2, 0.25) is 10.0 Å². The molecule has 0 saturated heterocycles. The Morgan fingerprint density at radius 3 is 2.30 bits per heavy atom. The quantitative estimate of drug-likeness (QED) is 0.835. The number of aryl methyl sites for hydroxylation is 1. The van der Waals surface area contributed by atoms with Gasteiger partial charge in [0.15, 0.2) is 5.82 Å². The van der Waals surface area contributed by atoms with Crippen LogP contribution in [0.25, 0.3) is 0 Å². The molecule has 8 heteroatoms. The van der Waals surface area contributed by atoms with Gasteiger partial charge in [-0.25, -0.2) is 0 Å². The lowest BCUT2D eigenvalue weighted by Gasteiger charge is -2.08. The third-order valence-electron chi connectivity index (χ3n) is 2.28. The lowest BCUT2D eigenvalue weighted by molar-refractivity contribution is -0.133. The zero-order valence-corrected chi connectivity index (χ0v) is 11.7. The molecule has 2 aromatic rings. The van der Waals surface area contributed by atoms with E-state index >= 15 is 0 Å². The maximum atomic E-state index is 11.7. The van der Waals surface area contributed by atoms with E-state index in [2.05, 4.69) is 15.8 Å². The van der Waals surface area contributed by atoms with Gasteiger partial charge in [-0.2, -0.15) is 0 Å². The number of anilines is 2. The molecule has 0 aliphatic heterocycles. The van der Waals surface area contributed by atoms with E-state index in [4.69, 9.17) is 27.7 Å². The first-order chi connectivity index (χ1) is 9.47. The van der Waals surface area contributed by atoms with Crippen LogP contribution in [0.4, 0.5) is 11.5 Å². The molecule has 0 atom stereocenters. The number of amides is 2. The molecule has 0 bridgehead atoms. The molecule has 0 saturated carbocycles. The fourth-order valence-electron chi connectivity index (χ4n) is 1.39. The highest BCUT2D eigenvalue weighted by atomic mass is 35.5. The third-order valence-corrected chi connectivity index (χ3v) is 2.91. The third kappa shape index (κ3) is 3.28.